The van der Waals surface area contributed by atoms with E-state index in [-0.39, 0.29) is 10.7 Å². The second-order valence-electron chi connectivity index (χ2n) is 4.03. The molecular weight excluding hydrogens is 266 g/mol. The van der Waals surface area contributed by atoms with Crippen molar-refractivity contribution in [1.82, 2.24) is 14.8 Å². The molecule has 2 rings (SSSR count). The molecule has 2 aromatic heterocycles. The summed E-state index contributed by atoms with van der Waals surface area (Å²) < 4.78 is 28.4. The van der Waals surface area contributed by atoms with Gasteiger partial charge in [0.15, 0.2) is 5.82 Å². The Morgan fingerprint density at radius 3 is 2.79 bits per heavy atom. The predicted octanol–water partition coefficient (Wildman–Crippen LogP) is 0.989. The number of nitrogens with zero attached hydrogens (tertiary/aromatic N) is 3. The van der Waals surface area contributed by atoms with Crippen molar-refractivity contribution in [3.63, 3.8) is 0 Å². The zero-order valence-corrected chi connectivity index (χ0v) is 11.5. The highest BCUT2D eigenvalue weighted by atomic mass is 32.2. The van der Waals surface area contributed by atoms with Crippen LogP contribution in [0.5, 0.6) is 0 Å². The maximum Gasteiger partial charge on any atom is 0.267 e. The topological polar surface area (TPSA) is 103 Å². The third-order valence-electron chi connectivity index (χ3n) is 2.63. The lowest BCUT2D eigenvalue weighted by Crippen LogP contribution is -2.14. The van der Waals surface area contributed by atoms with E-state index >= 15 is 0 Å². The number of hydrogen-bond acceptors (Lipinski definition) is 5. The summed E-state index contributed by atoms with van der Waals surface area (Å²) in [6.07, 6.45) is 4.51. The van der Waals surface area contributed by atoms with Crippen LogP contribution in [-0.4, -0.2) is 23.2 Å². The highest BCUT2D eigenvalue weighted by Gasteiger charge is 2.21. The molecule has 19 heavy (non-hydrogen) atoms. The van der Waals surface area contributed by atoms with Crippen molar-refractivity contribution in [3.05, 3.63) is 30.2 Å². The standard InChI is InChI=1S/C11H15N5O2S/c1-3-16-7-10(11(12)14-16)19(17,18)15-9-4-5-13-6-8(9)2/h4-7H,3H2,1-2H3,(H2,12,14)(H,13,15). The van der Waals surface area contributed by atoms with E-state index in [0.717, 1.165) is 5.56 Å². The van der Waals surface area contributed by atoms with Gasteiger partial charge >= 0.3 is 0 Å². The van der Waals surface area contributed by atoms with Crippen LogP contribution in [0.4, 0.5) is 11.5 Å². The van der Waals surface area contributed by atoms with Gasteiger partial charge in [0.2, 0.25) is 0 Å². The first kappa shape index (κ1) is 13.3. The van der Waals surface area contributed by atoms with Gasteiger partial charge < -0.3 is 5.73 Å². The second kappa shape index (κ2) is 4.88. The van der Waals surface area contributed by atoms with E-state index in [9.17, 15) is 8.42 Å². The fourth-order valence-corrected chi connectivity index (χ4v) is 2.78. The van der Waals surface area contributed by atoms with Crippen LogP contribution in [0.25, 0.3) is 0 Å². The summed E-state index contributed by atoms with van der Waals surface area (Å²) in [7, 11) is -3.74. The van der Waals surface area contributed by atoms with Crippen LogP contribution < -0.4 is 10.5 Å². The van der Waals surface area contributed by atoms with Gasteiger partial charge in [0.1, 0.15) is 4.90 Å². The highest BCUT2D eigenvalue weighted by molar-refractivity contribution is 7.92. The first-order valence-electron chi connectivity index (χ1n) is 5.70. The number of aryl methyl sites for hydroxylation is 2. The molecule has 8 heteroatoms. The maximum absolute atomic E-state index is 12.2. The molecule has 0 amide bonds. The molecule has 7 nitrogen and oxygen atoms in total. The molecule has 0 bridgehead atoms. The minimum absolute atomic E-state index is 0.0129. The van der Waals surface area contributed by atoms with Crippen molar-refractivity contribution in [1.29, 1.82) is 0 Å². The zero-order valence-electron chi connectivity index (χ0n) is 10.7. The normalized spacial score (nSPS) is 11.5. The zero-order chi connectivity index (χ0) is 14.0. The van der Waals surface area contributed by atoms with Gasteiger partial charge in [-0.3, -0.25) is 14.4 Å². The van der Waals surface area contributed by atoms with E-state index < -0.39 is 10.0 Å². The Bertz CT molecular complexity index is 693. The summed E-state index contributed by atoms with van der Waals surface area (Å²) in [4.78, 5) is 3.88. The average Bonchev–Trinajstić information content (AvgIpc) is 2.74. The van der Waals surface area contributed by atoms with Gasteiger partial charge in [0, 0.05) is 25.1 Å². The quantitative estimate of drug-likeness (QED) is 0.870. The fourth-order valence-electron chi connectivity index (χ4n) is 1.57. The van der Waals surface area contributed by atoms with Crippen molar-refractivity contribution in [2.75, 3.05) is 10.5 Å². The predicted molar refractivity (Wildman–Crippen MR) is 72.1 cm³/mol. The van der Waals surface area contributed by atoms with Gasteiger partial charge in [-0.2, -0.15) is 5.10 Å². The maximum atomic E-state index is 12.2. The van der Waals surface area contributed by atoms with Gasteiger partial charge in [0.05, 0.1) is 5.69 Å². The minimum Gasteiger partial charge on any atom is -0.381 e. The number of nitrogens with two attached hydrogens (primary N) is 1. The molecule has 3 N–H and O–H groups in total. The Morgan fingerprint density at radius 1 is 1.47 bits per heavy atom. The van der Waals surface area contributed by atoms with E-state index in [1.165, 1.54) is 17.1 Å². The number of aromatic nitrogens is 3. The first-order chi connectivity index (χ1) is 8.94. The summed E-state index contributed by atoms with van der Waals surface area (Å²) in [5.41, 5.74) is 6.83. The Morgan fingerprint density at radius 2 is 2.21 bits per heavy atom. The summed E-state index contributed by atoms with van der Waals surface area (Å²) in [6.45, 7) is 4.17. The largest absolute Gasteiger partial charge is 0.381 e. The van der Waals surface area contributed by atoms with Gasteiger partial charge in [0.25, 0.3) is 10.0 Å². The molecule has 102 valence electrons. The lowest BCUT2D eigenvalue weighted by Gasteiger charge is -2.08. The van der Waals surface area contributed by atoms with Gasteiger partial charge in [-0.15, -0.1) is 0 Å². The summed E-state index contributed by atoms with van der Waals surface area (Å²) >= 11 is 0. The summed E-state index contributed by atoms with van der Waals surface area (Å²) in [6, 6.07) is 1.59. The molecule has 0 aromatic carbocycles. The first-order valence-corrected chi connectivity index (χ1v) is 7.18. The van der Waals surface area contributed by atoms with E-state index in [0.29, 0.717) is 12.2 Å². The lowest BCUT2D eigenvalue weighted by molar-refractivity contribution is 0.600. The summed E-state index contributed by atoms with van der Waals surface area (Å²) in [5, 5.41) is 3.92. The Kier molecular flexibility index (Phi) is 3.43. The van der Waals surface area contributed by atoms with Crippen LogP contribution in [-0.2, 0) is 16.6 Å². The molecule has 0 atom stereocenters. The molecule has 0 saturated carbocycles. The number of rotatable bonds is 4. The number of nitrogen functional groups attached to an aromatic ring is 1. The van der Waals surface area contributed by atoms with E-state index in [1.807, 2.05) is 6.92 Å². The average molecular weight is 281 g/mol. The molecule has 0 saturated heterocycles. The molecule has 0 unspecified atom stereocenters. The van der Waals surface area contributed by atoms with Crippen molar-refractivity contribution in [2.45, 2.75) is 25.3 Å². The van der Waals surface area contributed by atoms with Crippen LogP contribution >= 0.6 is 0 Å². The van der Waals surface area contributed by atoms with E-state index in [1.54, 1.807) is 19.2 Å². The summed E-state index contributed by atoms with van der Waals surface area (Å²) in [5.74, 6) is -0.0129. The van der Waals surface area contributed by atoms with Crippen molar-refractivity contribution < 1.29 is 8.42 Å². The molecule has 0 aliphatic heterocycles. The number of pyridine rings is 1. The van der Waals surface area contributed by atoms with Crippen LogP contribution in [0, 0.1) is 6.92 Å². The van der Waals surface area contributed by atoms with Crippen molar-refractivity contribution >= 4 is 21.5 Å². The van der Waals surface area contributed by atoms with Crippen LogP contribution in [0.1, 0.15) is 12.5 Å². The van der Waals surface area contributed by atoms with Gasteiger partial charge in [-0.25, -0.2) is 8.42 Å². The van der Waals surface area contributed by atoms with Crippen molar-refractivity contribution in [2.24, 2.45) is 0 Å². The molecule has 0 spiro atoms. The third-order valence-corrected chi connectivity index (χ3v) is 4.02. The monoisotopic (exact) mass is 281 g/mol. The molecule has 2 heterocycles. The van der Waals surface area contributed by atoms with Crippen LogP contribution in [0.15, 0.2) is 29.6 Å². The Labute approximate surface area is 111 Å². The smallest absolute Gasteiger partial charge is 0.267 e. The molecule has 0 radical (unpaired) electrons. The molecule has 0 aliphatic carbocycles. The number of sulfonamides is 1. The number of anilines is 2. The second-order valence-corrected chi connectivity index (χ2v) is 5.68. The Hall–Kier alpha value is -2.09. The number of hydrogen-bond donors (Lipinski definition) is 2. The van der Waals surface area contributed by atoms with Crippen LogP contribution in [0.2, 0.25) is 0 Å². The van der Waals surface area contributed by atoms with Crippen LogP contribution in [0.3, 0.4) is 0 Å². The minimum atomic E-state index is -3.74. The molecule has 0 fully saturated rings. The van der Waals surface area contributed by atoms with E-state index in [2.05, 4.69) is 14.8 Å². The SMILES string of the molecule is CCn1cc(S(=O)(=O)Nc2ccncc2C)c(N)n1. The van der Waals surface area contributed by atoms with E-state index in [4.69, 9.17) is 5.73 Å². The lowest BCUT2D eigenvalue weighted by atomic mass is 10.3. The highest BCUT2D eigenvalue weighted by Crippen LogP contribution is 2.21. The molecule has 0 aliphatic rings. The number of nitrogens with one attached hydrogen (secondary N) is 1. The van der Waals surface area contributed by atoms with Gasteiger partial charge in [-0.1, -0.05) is 0 Å². The third kappa shape index (κ3) is 2.68. The molecule has 2 aromatic rings. The van der Waals surface area contributed by atoms with Gasteiger partial charge in [-0.05, 0) is 25.5 Å². The van der Waals surface area contributed by atoms with Crippen molar-refractivity contribution in [3.8, 4) is 0 Å². The fraction of sp³-hybridized carbons (Fsp3) is 0.273. The molecular formula is C11H15N5O2S. The Balaban J connectivity index is 2.38.